The first-order valence-electron chi connectivity index (χ1n) is 5.76. The van der Waals surface area contributed by atoms with Crippen LogP contribution in [0.3, 0.4) is 0 Å². The molecule has 0 bridgehead atoms. The molecule has 0 amide bonds. The molecule has 0 radical (unpaired) electrons. The van der Waals surface area contributed by atoms with Crippen molar-refractivity contribution in [3.8, 4) is 0 Å². The van der Waals surface area contributed by atoms with Gasteiger partial charge in [0.25, 0.3) is 0 Å². The smallest absolute Gasteiger partial charge is 0.0443 e. The molecule has 1 saturated heterocycles. The molecule has 2 fully saturated rings. The fourth-order valence-electron chi connectivity index (χ4n) is 3.05. The van der Waals surface area contributed by atoms with E-state index in [1.165, 1.54) is 38.6 Å². The summed E-state index contributed by atoms with van der Waals surface area (Å²) in [5, 5.41) is 8.80. The minimum absolute atomic E-state index is 0.355. The van der Waals surface area contributed by atoms with Crippen molar-refractivity contribution in [2.45, 2.75) is 44.6 Å². The van der Waals surface area contributed by atoms with Crippen LogP contribution < -0.4 is 0 Å². The quantitative estimate of drug-likeness (QED) is 0.719. The molecule has 2 aliphatic rings. The van der Waals surface area contributed by atoms with Gasteiger partial charge in [0.1, 0.15) is 0 Å². The Morgan fingerprint density at radius 2 is 2.00 bits per heavy atom. The molecular formula is C11H21NO. The van der Waals surface area contributed by atoms with Crippen molar-refractivity contribution in [3.63, 3.8) is 0 Å². The molecular weight excluding hydrogens is 162 g/mol. The van der Waals surface area contributed by atoms with Crippen LogP contribution in [0.25, 0.3) is 0 Å². The zero-order valence-corrected chi connectivity index (χ0v) is 8.41. The van der Waals surface area contributed by atoms with Gasteiger partial charge in [-0.15, -0.1) is 0 Å². The maximum Gasteiger partial charge on any atom is 0.0443 e. The zero-order valence-electron chi connectivity index (χ0n) is 8.41. The molecule has 1 aliphatic heterocycles. The molecule has 2 nitrogen and oxygen atoms in total. The molecule has 1 saturated carbocycles. The number of nitrogens with zero attached hydrogens (tertiary/aromatic N) is 1. The van der Waals surface area contributed by atoms with Gasteiger partial charge in [0.15, 0.2) is 0 Å². The van der Waals surface area contributed by atoms with Gasteiger partial charge >= 0.3 is 0 Å². The second kappa shape index (κ2) is 4.43. The van der Waals surface area contributed by atoms with E-state index in [1.54, 1.807) is 0 Å². The molecule has 0 unspecified atom stereocenters. The van der Waals surface area contributed by atoms with E-state index in [0.717, 1.165) is 24.9 Å². The minimum atomic E-state index is 0.355. The number of aliphatic hydroxyl groups excluding tert-OH is 1. The summed E-state index contributed by atoms with van der Waals surface area (Å²) in [5.74, 6) is 0.993. The van der Waals surface area contributed by atoms with Crippen molar-refractivity contribution < 1.29 is 5.11 Å². The van der Waals surface area contributed by atoms with Crippen LogP contribution in [-0.2, 0) is 0 Å². The van der Waals surface area contributed by atoms with Crippen LogP contribution in [0.5, 0.6) is 0 Å². The molecule has 76 valence electrons. The molecule has 13 heavy (non-hydrogen) atoms. The summed E-state index contributed by atoms with van der Waals surface area (Å²) in [6.07, 6.45) is 8.13. The first-order chi connectivity index (χ1) is 6.42. The van der Waals surface area contributed by atoms with Gasteiger partial charge in [0.2, 0.25) is 0 Å². The summed E-state index contributed by atoms with van der Waals surface area (Å²) >= 11 is 0. The molecule has 2 atom stereocenters. The third-order valence-corrected chi connectivity index (χ3v) is 3.73. The second-order valence-electron chi connectivity index (χ2n) is 4.51. The molecule has 2 rings (SSSR count). The Kier molecular flexibility index (Phi) is 3.23. The van der Waals surface area contributed by atoms with Gasteiger partial charge in [0.05, 0.1) is 0 Å². The number of fused-ring (bicyclic) bond motifs is 1. The van der Waals surface area contributed by atoms with E-state index in [0.29, 0.717) is 6.61 Å². The van der Waals surface area contributed by atoms with Gasteiger partial charge in [-0.2, -0.15) is 0 Å². The van der Waals surface area contributed by atoms with Crippen LogP contribution in [0, 0.1) is 5.92 Å². The van der Waals surface area contributed by atoms with E-state index in [9.17, 15) is 0 Å². The predicted octanol–water partition coefficient (Wildman–Crippen LogP) is 1.63. The highest BCUT2D eigenvalue weighted by Crippen LogP contribution is 2.35. The molecule has 0 spiro atoms. The Hall–Kier alpha value is -0.0800. The Morgan fingerprint density at radius 1 is 1.15 bits per heavy atom. The molecule has 0 aromatic heterocycles. The fraction of sp³-hybridized carbons (Fsp3) is 1.00. The van der Waals surface area contributed by atoms with Gasteiger partial charge in [-0.1, -0.05) is 12.8 Å². The molecule has 1 aliphatic carbocycles. The van der Waals surface area contributed by atoms with Crippen molar-refractivity contribution in [1.82, 2.24) is 4.90 Å². The van der Waals surface area contributed by atoms with Crippen molar-refractivity contribution in [1.29, 1.82) is 0 Å². The topological polar surface area (TPSA) is 23.5 Å². The maximum absolute atomic E-state index is 8.80. The number of aliphatic hydroxyl groups is 1. The van der Waals surface area contributed by atoms with Crippen molar-refractivity contribution in [2.75, 3.05) is 19.7 Å². The normalized spacial score (nSPS) is 34.8. The van der Waals surface area contributed by atoms with E-state index in [4.69, 9.17) is 5.11 Å². The monoisotopic (exact) mass is 183 g/mol. The van der Waals surface area contributed by atoms with E-state index in [2.05, 4.69) is 4.90 Å². The highest BCUT2D eigenvalue weighted by molar-refractivity contribution is 4.89. The SMILES string of the molecule is OCCCN1CC[C@@H]2CCCC[C@@H]21. The lowest BCUT2D eigenvalue weighted by Crippen LogP contribution is -2.35. The van der Waals surface area contributed by atoms with Gasteiger partial charge in [-0.3, -0.25) is 0 Å². The molecule has 1 heterocycles. The fourth-order valence-corrected chi connectivity index (χ4v) is 3.05. The first-order valence-corrected chi connectivity index (χ1v) is 5.76. The van der Waals surface area contributed by atoms with E-state index >= 15 is 0 Å². The summed E-state index contributed by atoms with van der Waals surface area (Å²) in [7, 11) is 0. The van der Waals surface area contributed by atoms with Crippen molar-refractivity contribution in [3.05, 3.63) is 0 Å². The number of likely N-dealkylation sites (tertiary alicyclic amines) is 1. The average Bonchev–Trinajstić information content (AvgIpc) is 2.58. The van der Waals surface area contributed by atoms with Crippen LogP contribution in [-0.4, -0.2) is 35.7 Å². The van der Waals surface area contributed by atoms with Gasteiger partial charge < -0.3 is 10.0 Å². The van der Waals surface area contributed by atoms with Crippen LogP contribution in [0.4, 0.5) is 0 Å². The summed E-state index contributed by atoms with van der Waals surface area (Å²) < 4.78 is 0. The largest absolute Gasteiger partial charge is 0.396 e. The summed E-state index contributed by atoms with van der Waals surface area (Å²) in [4.78, 5) is 2.61. The van der Waals surface area contributed by atoms with Crippen molar-refractivity contribution in [2.24, 2.45) is 5.92 Å². The average molecular weight is 183 g/mol. The van der Waals surface area contributed by atoms with Crippen LogP contribution in [0.15, 0.2) is 0 Å². The first kappa shape index (κ1) is 9.47. The Labute approximate surface area is 80.9 Å². The lowest BCUT2D eigenvalue weighted by atomic mass is 9.85. The second-order valence-corrected chi connectivity index (χ2v) is 4.51. The standard InChI is InChI=1S/C11H21NO/c13-9-3-7-12-8-6-10-4-1-2-5-11(10)12/h10-11,13H,1-9H2/t10-,11-/m0/s1. The highest BCUT2D eigenvalue weighted by Gasteiger charge is 2.34. The number of hydrogen-bond acceptors (Lipinski definition) is 2. The zero-order chi connectivity index (χ0) is 9.10. The van der Waals surface area contributed by atoms with E-state index < -0.39 is 0 Å². The van der Waals surface area contributed by atoms with Gasteiger partial charge in [0, 0.05) is 19.2 Å². The number of hydrogen-bond donors (Lipinski definition) is 1. The van der Waals surface area contributed by atoms with E-state index in [-0.39, 0.29) is 0 Å². The molecule has 1 N–H and O–H groups in total. The molecule has 0 aromatic carbocycles. The Morgan fingerprint density at radius 3 is 2.85 bits per heavy atom. The Bertz CT molecular complexity index is 160. The third kappa shape index (κ3) is 2.05. The summed E-state index contributed by atoms with van der Waals surface area (Å²) in [5.41, 5.74) is 0. The highest BCUT2D eigenvalue weighted by atomic mass is 16.3. The van der Waals surface area contributed by atoms with Crippen LogP contribution in [0.2, 0.25) is 0 Å². The third-order valence-electron chi connectivity index (χ3n) is 3.73. The molecule has 2 heteroatoms. The summed E-state index contributed by atoms with van der Waals surface area (Å²) in [6.45, 7) is 2.76. The van der Waals surface area contributed by atoms with E-state index in [1.807, 2.05) is 0 Å². The van der Waals surface area contributed by atoms with Gasteiger partial charge in [-0.25, -0.2) is 0 Å². The lowest BCUT2D eigenvalue weighted by molar-refractivity contribution is 0.166. The van der Waals surface area contributed by atoms with Crippen LogP contribution >= 0.6 is 0 Å². The maximum atomic E-state index is 8.80. The number of rotatable bonds is 3. The van der Waals surface area contributed by atoms with Crippen LogP contribution in [0.1, 0.15) is 38.5 Å². The summed E-state index contributed by atoms with van der Waals surface area (Å²) in [6, 6.07) is 0.875. The minimum Gasteiger partial charge on any atom is -0.396 e. The predicted molar refractivity (Wildman–Crippen MR) is 53.6 cm³/mol. The van der Waals surface area contributed by atoms with Gasteiger partial charge in [-0.05, 0) is 38.1 Å². The Balaban J connectivity index is 1.84. The lowest BCUT2D eigenvalue weighted by Gasteiger charge is -2.31. The van der Waals surface area contributed by atoms with Crippen molar-refractivity contribution >= 4 is 0 Å². The molecule has 0 aromatic rings.